The maximum Gasteiger partial charge on any atom is 0.231 e. The lowest BCUT2D eigenvalue weighted by Crippen LogP contribution is -1.92. The van der Waals surface area contributed by atoms with Gasteiger partial charge in [0.25, 0.3) is 0 Å². The fourth-order valence-corrected chi connectivity index (χ4v) is 1.85. The number of thioether (sulfide) groups is 1. The minimum absolute atomic E-state index is 0.313. The number of rotatable bonds is 3. The highest BCUT2D eigenvalue weighted by atomic mass is 32.2. The SMILES string of the molecule is C=C(SC=CC)c1ccc2c(c1)OCO2. The molecule has 2 rings (SSSR count). The first kappa shape index (κ1) is 10.2. The zero-order chi connectivity index (χ0) is 10.7. The van der Waals surface area contributed by atoms with E-state index in [-0.39, 0.29) is 0 Å². The van der Waals surface area contributed by atoms with Crippen LogP contribution in [-0.2, 0) is 0 Å². The number of hydrogen-bond acceptors (Lipinski definition) is 3. The van der Waals surface area contributed by atoms with Gasteiger partial charge >= 0.3 is 0 Å². The van der Waals surface area contributed by atoms with E-state index in [4.69, 9.17) is 9.47 Å². The molecule has 78 valence electrons. The molecule has 0 aliphatic carbocycles. The lowest BCUT2D eigenvalue weighted by atomic mass is 10.2. The summed E-state index contributed by atoms with van der Waals surface area (Å²) in [7, 11) is 0. The van der Waals surface area contributed by atoms with E-state index in [1.807, 2.05) is 36.6 Å². The topological polar surface area (TPSA) is 18.5 Å². The molecule has 0 saturated carbocycles. The smallest absolute Gasteiger partial charge is 0.231 e. The van der Waals surface area contributed by atoms with E-state index in [0.717, 1.165) is 22.0 Å². The Morgan fingerprint density at radius 2 is 2.20 bits per heavy atom. The molecule has 1 aromatic carbocycles. The Bertz CT molecular complexity index is 410. The molecule has 0 bridgehead atoms. The Labute approximate surface area is 93.6 Å². The number of benzene rings is 1. The number of allylic oxidation sites excluding steroid dienone is 1. The molecule has 0 radical (unpaired) electrons. The van der Waals surface area contributed by atoms with Crippen LogP contribution in [-0.4, -0.2) is 6.79 Å². The van der Waals surface area contributed by atoms with Crippen molar-refractivity contribution in [2.24, 2.45) is 0 Å². The summed E-state index contributed by atoms with van der Waals surface area (Å²) in [5, 5.41) is 2.01. The Hall–Kier alpha value is -1.35. The highest BCUT2D eigenvalue weighted by Crippen LogP contribution is 2.36. The Balaban J connectivity index is 2.19. The summed E-state index contributed by atoms with van der Waals surface area (Å²) in [6.07, 6.45) is 1.99. The van der Waals surface area contributed by atoms with Crippen molar-refractivity contribution in [3.63, 3.8) is 0 Å². The molecule has 1 aliphatic rings. The van der Waals surface area contributed by atoms with Crippen molar-refractivity contribution < 1.29 is 9.47 Å². The zero-order valence-corrected chi connectivity index (χ0v) is 9.34. The molecule has 0 unspecified atom stereocenters. The van der Waals surface area contributed by atoms with Gasteiger partial charge in [0.2, 0.25) is 6.79 Å². The van der Waals surface area contributed by atoms with Crippen molar-refractivity contribution in [2.45, 2.75) is 6.92 Å². The van der Waals surface area contributed by atoms with Gasteiger partial charge in [0.05, 0.1) is 0 Å². The van der Waals surface area contributed by atoms with Crippen LogP contribution in [0.1, 0.15) is 12.5 Å². The maximum absolute atomic E-state index is 5.30. The molecule has 1 aliphatic heterocycles. The van der Waals surface area contributed by atoms with Crippen LogP contribution < -0.4 is 9.47 Å². The first-order valence-corrected chi connectivity index (χ1v) is 5.56. The molecule has 0 amide bonds. The molecular formula is C12H12O2S. The monoisotopic (exact) mass is 220 g/mol. The molecule has 3 heteroatoms. The molecule has 15 heavy (non-hydrogen) atoms. The van der Waals surface area contributed by atoms with Gasteiger partial charge < -0.3 is 9.47 Å². The van der Waals surface area contributed by atoms with Crippen LogP contribution in [0.3, 0.4) is 0 Å². The van der Waals surface area contributed by atoms with Gasteiger partial charge in [-0.1, -0.05) is 24.4 Å². The van der Waals surface area contributed by atoms with Gasteiger partial charge in [0, 0.05) is 4.91 Å². The second-order valence-electron chi connectivity index (χ2n) is 3.08. The average molecular weight is 220 g/mol. The molecule has 0 aromatic heterocycles. The van der Waals surface area contributed by atoms with E-state index in [9.17, 15) is 0 Å². The van der Waals surface area contributed by atoms with Gasteiger partial charge in [-0.3, -0.25) is 0 Å². The third kappa shape index (κ3) is 2.18. The van der Waals surface area contributed by atoms with E-state index in [1.54, 1.807) is 11.8 Å². The summed E-state index contributed by atoms with van der Waals surface area (Å²) >= 11 is 1.60. The zero-order valence-electron chi connectivity index (χ0n) is 8.53. The van der Waals surface area contributed by atoms with Crippen LogP contribution in [0.4, 0.5) is 0 Å². The first-order valence-electron chi connectivity index (χ1n) is 4.68. The first-order chi connectivity index (χ1) is 7.31. The van der Waals surface area contributed by atoms with Crippen LogP contribution in [0.2, 0.25) is 0 Å². The van der Waals surface area contributed by atoms with Crippen LogP contribution in [0.25, 0.3) is 4.91 Å². The van der Waals surface area contributed by atoms with E-state index >= 15 is 0 Å². The van der Waals surface area contributed by atoms with Crippen LogP contribution in [0.15, 0.2) is 36.3 Å². The Morgan fingerprint density at radius 3 is 3.00 bits per heavy atom. The van der Waals surface area contributed by atoms with Gasteiger partial charge in [0.15, 0.2) is 11.5 Å². The standard InChI is InChI=1S/C12H12O2S/c1-3-6-15-9(2)10-4-5-11-12(7-10)14-8-13-11/h3-7H,2,8H2,1H3. The minimum Gasteiger partial charge on any atom is -0.454 e. The van der Waals surface area contributed by atoms with E-state index in [1.165, 1.54) is 0 Å². The fraction of sp³-hybridized carbons (Fsp3) is 0.167. The molecule has 1 aromatic rings. The van der Waals surface area contributed by atoms with E-state index in [0.29, 0.717) is 6.79 Å². The van der Waals surface area contributed by atoms with Gasteiger partial charge in [-0.05, 0) is 36.1 Å². The molecule has 1 heterocycles. The normalized spacial score (nSPS) is 13.4. The molecule has 0 fully saturated rings. The summed E-state index contributed by atoms with van der Waals surface area (Å²) in [6, 6.07) is 5.87. The Morgan fingerprint density at radius 1 is 1.40 bits per heavy atom. The fourth-order valence-electron chi connectivity index (χ4n) is 1.29. The number of hydrogen-bond donors (Lipinski definition) is 0. The van der Waals surface area contributed by atoms with Gasteiger partial charge in [-0.25, -0.2) is 0 Å². The summed E-state index contributed by atoms with van der Waals surface area (Å²) in [4.78, 5) is 1.01. The van der Waals surface area contributed by atoms with Gasteiger partial charge in [-0.2, -0.15) is 0 Å². The van der Waals surface area contributed by atoms with Crippen molar-refractivity contribution in [3.05, 3.63) is 41.8 Å². The van der Waals surface area contributed by atoms with Crippen molar-refractivity contribution in [2.75, 3.05) is 6.79 Å². The van der Waals surface area contributed by atoms with Gasteiger partial charge in [-0.15, -0.1) is 0 Å². The van der Waals surface area contributed by atoms with Crippen LogP contribution >= 0.6 is 11.8 Å². The summed E-state index contributed by atoms with van der Waals surface area (Å²) in [5.41, 5.74) is 1.07. The summed E-state index contributed by atoms with van der Waals surface area (Å²) < 4.78 is 10.5. The Kier molecular flexibility index (Phi) is 3.02. The number of fused-ring (bicyclic) bond motifs is 1. The second-order valence-corrected chi connectivity index (χ2v) is 4.08. The lowest BCUT2D eigenvalue weighted by Gasteiger charge is -2.03. The van der Waals surface area contributed by atoms with Crippen molar-refractivity contribution >= 4 is 16.7 Å². The molecule has 0 spiro atoms. The minimum atomic E-state index is 0.313. The summed E-state index contributed by atoms with van der Waals surface area (Å²) in [6.45, 7) is 6.30. The number of ether oxygens (including phenoxy) is 2. The van der Waals surface area contributed by atoms with E-state index in [2.05, 4.69) is 6.58 Å². The van der Waals surface area contributed by atoms with Crippen LogP contribution in [0.5, 0.6) is 11.5 Å². The summed E-state index contributed by atoms with van der Waals surface area (Å²) in [5.74, 6) is 1.61. The third-order valence-corrected chi connectivity index (χ3v) is 2.97. The van der Waals surface area contributed by atoms with Gasteiger partial charge in [0.1, 0.15) is 0 Å². The van der Waals surface area contributed by atoms with Crippen molar-refractivity contribution in [1.82, 2.24) is 0 Å². The van der Waals surface area contributed by atoms with Crippen LogP contribution in [0, 0.1) is 0 Å². The molecule has 0 N–H and O–H groups in total. The second kappa shape index (κ2) is 4.45. The average Bonchev–Trinajstić information content (AvgIpc) is 2.72. The molecule has 0 atom stereocenters. The largest absolute Gasteiger partial charge is 0.454 e. The third-order valence-electron chi connectivity index (χ3n) is 2.04. The quantitative estimate of drug-likeness (QED) is 0.774. The molecule has 2 nitrogen and oxygen atoms in total. The molecular weight excluding hydrogens is 208 g/mol. The lowest BCUT2D eigenvalue weighted by molar-refractivity contribution is 0.174. The predicted molar refractivity (Wildman–Crippen MR) is 64.0 cm³/mol. The van der Waals surface area contributed by atoms with E-state index < -0.39 is 0 Å². The van der Waals surface area contributed by atoms with Crippen molar-refractivity contribution in [3.8, 4) is 11.5 Å². The molecule has 0 saturated heterocycles. The predicted octanol–water partition coefficient (Wildman–Crippen LogP) is 3.65. The maximum atomic E-state index is 5.30. The van der Waals surface area contributed by atoms with Crippen molar-refractivity contribution in [1.29, 1.82) is 0 Å². The highest BCUT2D eigenvalue weighted by molar-refractivity contribution is 8.10. The highest BCUT2D eigenvalue weighted by Gasteiger charge is 2.13.